The first kappa shape index (κ1) is 22.6. The molecule has 0 unspecified atom stereocenters. The summed E-state index contributed by atoms with van der Waals surface area (Å²) in [4.78, 5) is 37.5. The maximum Gasteiger partial charge on any atom is 0.313 e. The number of hydrogen-bond donors (Lipinski definition) is 3. The first-order valence-electron chi connectivity index (χ1n) is 10.1. The van der Waals surface area contributed by atoms with E-state index in [9.17, 15) is 14.4 Å². The number of para-hydroxylation sites is 1. The van der Waals surface area contributed by atoms with Gasteiger partial charge in [0.2, 0.25) is 0 Å². The SMILES string of the molecule is COc1cccc(CNC(=O)c2ccccc2NC(=O)C(=O)N[C@@H](C)c2ccccc2)c1. The van der Waals surface area contributed by atoms with Gasteiger partial charge in [0.25, 0.3) is 5.91 Å². The first-order valence-corrected chi connectivity index (χ1v) is 10.1. The standard InChI is InChI=1S/C25H25N3O4/c1-17(19-10-4-3-5-11-19)27-24(30)25(31)28-22-14-7-6-13-21(22)23(29)26-16-18-9-8-12-20(15-18)32-2/h3-15,17H,16H2,1-2H3,(H,26,29)(H,27,30)(H,28,31)/t17-/m0/s1. The fourth-order valence-corrected chi connectivity index (χ4v) is 3.12. The van der Waals surface area contributed by atoms with Gasteiger partial charge in [-0.2, -0.15) is 0 Å². The molecule has 3 N–H and O–H groups in total. The summed E-state index contributed by atoms with van der Waals surface area (Å²) in [5, 5.41) is 8.01. The van der Waals surface area contributed by atoms with Gasteiger partial charge in [-0.05, 0) is 42.3 Å². The second kappa shape index (κ2) is 10.8. The number of carbonyl (C=O) groups excluding carboxylic acids is 3. The van der Waals surface area contributed by atoms with E-state index in [-0.39, 0.29) is 29.7 Å². The normalized spacial score (nSPS) is 11.2. The number of amides is 3. The van der Waals surface area contributed by atoms with E-state index in [1.54, 1.807) is 38.3 Å². The molecule has 3 aromatic rings. The third-order valence-electron chi connectivity index (χ3n) is 4.86. The number of ether oxygens (including phenoxy) is 1. The Kier molecular flexibility index (Phi) is 7.59. The molecular weight excluding hydrogens is 406 g/mol. The van der Waals surface area contributed by atoms with E-state index in [1.807, 2.05) is 54.6 Å². The highest BCUT2D eigenvalue weighted by Crippen LogP contribution is 2.17. The molecule has 7 heteroatoms. The van der Waals surface area contributed by atoms with Gasteiger partial charge >= 0.3 is 11.8 Å². The number of benzene rings is 3. The summed E-state index contributed by atoms with van der Waals surface area (Å²) in [6, 6.07) is 22.9. The van der Waals surface area contributed by atoms with Gasteiger partial charge in [-0.1, -0.05) is 54.6 Å². The van der Waals surface area contributed by atoms with E-state index < -0.39 is 11.8 Å². The minimum Gasteiger partial charge on any atom is -0.497 e. The van der Waals surface area contributed by atoms with E-state index in [0.29, 0.717) is 5.75 Å². The van der Waals surface area contributed by atoms with Gasteiger partial charge in [0.15, 0.2) is 0 Å². The minimum absolute atomic E-state index is 0.253. The highest BCUT2D eigenvalue weighted by molar-refractivity contribution is 6.40. The Morgan fingerprint density at radius 1 is 0.875 bits per heavy atom. The molecule has 0 bridgehead atoms. The number of hydrogen-bond acceptors (Lipinski definition) is 4. The van der Waals surface area contributed by atoms with E-state index in [4.69, 9.17) is 4.74 Å². The van der Waals surface area contributed by atoms with Crippen LogP contribution in [0.3, 0.4) is 0 Å². The number of nitrogens with one attached hydrogen (secondary N) is 3. The minimum atomic E-state index is -0.846. The maximum atomic E-state index is 12.7. The number of rotatable bonds is 7. The Morgan fingerprint density at radius 2 is 1.59 bits per heavy atom. The summed E-state index contributed by atoms with van der Waals surface area (Å²) < 4.78 is 5.19. The van der Waals surface area contributed by atoms with Gasteiger partial charge in [0, 0.05) is 6.54 Å². The lowest BCUT2D eigenvalue weighted by atomic mass is 10.1. The average molecular weight is 431 g/mol. The lowest BCUT2D eigenvalue weighted by molar-refractivity contribution is -0.136. The van der Waals surface area contributed by atoms with Gasteiger partial charge in [-0.15, -0.1) is 0 Å². The topological polar surface area (TPSA) is 96.5 Å². The molecule has 3 aromatic carbocycles. The molecule has 1 atom stereocenters. The molecule has 0 saturated carbocycles. The third kappa shape index (κ3) is 5.95. The van der Waals surface area contributed by atoms with Crippen molar-refractivity contribution in [2.75, 3.05) is 12.4 Å². The van der Waals surface area contributed by atoms with Crippen LogP contribution in [0.1, 0.15) is 34.5 Å². The summed E-state index contributed by atoms with van der Waals surface area (Å²) in [6.45, 7) is 2.08. The molecular formula is C25H25N3O4. The Morgan fingerprint density at radius 3 is 2.34 bits per heavy atom. The fraction of sp³-hybridized carbons (Fsp3) is 0.160. The van der Waals surface area contributed by atoms with Gasteiger partial charge in [0.05, 0.1) is 24.4 Å². The van der Waals surface area contributed by atoms with Gasteiger partial charge in [0.1, 0.15) is 5.75 Å². The molecule has 3 rings (SSSR count). The van der Waals surface area contributed by atoms with Crippen LogP contribution in [-0.2, 0) is 16.1 Å². The van der Waals surface area contributed by atoms with Crippen LogP contribution in [0.25, 0.3) is 0 Å². The van der Waals surface area contributed by atoms with E-state index in [0.717, 1.165) is 11.1 Å². The molecule has 0 heterocycles. The Labute approximate surface area is 186 Å². The molecule has 0 aliphatic heterocycles. The van der Waals surface area contributed by atoms with E-state index >= 15 is 0 Å². The van der Waals surface area contributed by atoms with E-state index in [2.05, 4.69) is 16.0 Å². The van der Waals surface area contributed by atoms with Crippen LogP contribution < -0.4 is 20.7 Å². The average Bonchev–Trinajstić information content (AvgIpc) is 2.83. The summed E-state index contributed by atoms with van der Waals surface area (Å²) >= 11 is 0. The molecule has 32 heavy (non-hydrogen) atoms. The molecule has 0 fully saturated rings. The zero-order valence-electron chi connectivity index (χ0n) is 17.9. The molecule has 0 saturated heterocycles. The van der Waals surface area contributed by atoms with Crippen LogP contribution >= 0.6 is 0 Å². The van der Waals surface area contributed by atoms with Gasteiger partial charge in [-0.3, -0.25) is 14.4 Å². The number of methoxy groups -OCH3 is 1. The van der Waals surface area contributed by atoms with Crippen LogP contribution in [-0.4, -0.2) is 24.8 Å². The van der Waals surface area contributed by atoms with Crippen LogP contribution in [0.2, 0.25) is 0 Å². The van der Waals surface area contributed by atoms with Crippen molar-refractivity contribution >= 4 is 23.4 Å². The number of anilines is 1. The van der Waals surface area contributed by atoms with Crippen LogP contribution in [0.5, 0.6) is 5.75 Å². The summed E-state index contributed by atoms with van der Waals surface area (Å²) in [5.74, 6) is -1.31. The van der Waals surface area contributed by atoms with Crippen molar-refractivity contribution in [2.24, 2.45) is 0 Å². The number of carbonyl (C=O) groups is 3. The third-order valence-corrected chi connectivity index (χ3v) is 4.86. The summed E-state index contributed by atoms with van der Waals surface area (Å²) in [6.07, 6.45) is 0. The first-order chi connectivity index (χ1) is 15.5. The van der Waals surface area contributed by atoms with Crippen LogP contribution in [0, 0.1) is 0 Å². The lowest BCUT2D eigenvalue weighted by Crippen LogP contribution is -2.37. The van der Waals surface area contributed by atoms with Crippen molar-refractivity contribution < 1.29 is 19.1 Å². The fourth-order valence-electron chi connectivity index (χ4n) is 3.12. The molecule has 164 valence electrons. The molecule has 0 aliphatic rings. The second-order valence-corrected chi connectivity index (χ2v) is 7.14. The Hall–Kier alpha value is -4.13. The molecule has 7 nitrogen and oxygen atoms in total. The zero-order valence-corrected chi connectivity index (χ0v) is 17.9. The highest BCUT2D eigenvalue weighted by atomic mass is 16.5. The van der Waals surface area contributed by atoms with E-state index in [1.165, 1.54) is 0 Å². The van der Waals surface area contributed by atoms with Crippen LogP contribution in [0.15, 0.2) is 78.9 Å². The Bertz CT molecular complexity index is 1100. The maximum absolute atomic E-state index is 12.7. The summed E-state index contributed by atoms with van der Waals surface area (Å²) in [7, 11) is 1.58. The predicted molar refractivity (Wildman–Crippen MR) is 122 cm³/mol. The van der Waals surface area contributed by atoms with Crippen molar-refractivity contribution in [1.82, 2.24) is 10.6 Å². The largest absolute Gasteiger partial charge is 0.497 e. The van der Waals surface area contributed by atoms with Gasteiger partial charge < -0.3 is 20.7 Å². The highest BCUT2D eigenvalue weighted by Gasteiger charge is 2.20. The van der Waals surface area contributed by atoms with Crippen molar-refractivity contribution in [3.05, 3.63) is 95.6 Å². The predicted octanol–water partition coefficient (Wildman–Crippen LogP) is 3.44. The van der Waals surface area contributed by atoms with Crippen molar-refractivity contribution in [1.29, 1.82) is 0 Å². The van der Waals surface area contributed by atoms with Crippen molar-refractivity contribution in [3.8, 4) is 5.75 Å². The molecule has 0 radical (unpaired) electrons. The summed E-state index contributed by atoms with van der Waals surface area (Å²) in [5.41, 5.74) is 2.26. The van der Waals surface area contributed by atoms with Crippen molar-refractivity contribution in [3.63, 3.8) is 0 Å². The second-order valence-electron chi connectivity index (χ2n) is 7.14. The lowest BCUT2D eigenvalue weighted by Gasteiger charge is -2.15. The molecule has 0 spiro atoms. The zero-order chi connectivity index (χ0) is 22.9. The molecule has 3 amide bonds. The smallest absolute Gasteiger partial charge is 0.313 e. The Balaban J connectivity index is 1.63. The molecule has 0 aliphatic carbocycles. The van der Waals surface area contributed by atoms with Crippen LogP contribution in [0.4, 0.5) is 5.69 Å². The van der Waals surface area contributed by atoms with Crippen molar-refractivity contribution in [2.45, 2.75) is 19.5 Å². The quantitative estimate of drug-likeness (QED) is 0.499. The molecule has 0 aromatic heterocycles. The van der Waals surface area contributed by atoms with Gasteiger partial charge in [-0.25, -0.2) is 0 Å². The monoisotopic (exact) mass is 431 g/mol.